The van der Waals surface area contributed by atoms with E-state index in [1.165, 1.54) is 17.0 Å². The lowest BCUT2D eigenvalue weighted by Crippen LogP contribution is -2.77. The van der Waals surface area contributed by atoms with Gasteiger partial charge in [0, 0.05) is 36.3 Å². The molecule has 1 aliphatic heterocycles. The molecule has 2 aromatic rings. The summed E-state index contributed by atoms with van der Waals surface area (Å²) in [5.74, 6) is -2.71. The Labute approximate surface area is 203 Å². The zero-order valence-electron chi connectivity index (χ0n) is 18.5. The van der Waals surface area contributed by atoms with E-state index in [0.29, 0.717) is 0 Å². The molecule has 35 heavy (non-hydrogen) atoms. The molecule has 1 aromatic carbocycles. The molecule has 4 aliphatic rings. The molecule has 11 heteroatoms. The highest BCUT2D eigenvalue weighted by atomic mass is 35.5. The Balaban J connectivity index is 1.11. The van der Waals surface area contributed by atoms with E-state index in [9.17, 15) is 27.2 Å². The molecule has 1 unspecified atom stereocenters. The van der Waals surface area contributed by atoms with Crippen molar-refractivity contribution in [3.63, 3.8) is 0 Å². The highest BCUT2D eigenvalue weighted by molar-refractivity contribution is 6.30. The van der Waals surface area contributed by atoms with Gasteiger partial charge in [0.25, 0.3) is 11.8 Å². The fourth-order valence-corrected chi connectivity index (χ4v) is 5.60. The van der Waals surface area contributed by atoms with Gasteiger partial charge in [-0.15, -0.1) is 0 Å². The number of aromatic nitrogens is 1. The average Bonchev–Trinajstić information content (AvgIpc) is 3.27. The third-order valence-corrected chi connectivity index (χ3v) is 7.54. The second-order valence-corrected chi connectivity index (χ2v) is 10.1. The van der Waals surface area contributed by atoms with Gasteiger partial charge in [-0.05, 0) is 49.4 Å². The molecule has 0 radical (unpaired) electrons. The van der Waals surface area contributed by atoms with Crippen molar-refractivity contribution >= 4 is 23.4 Å². The number of ether oxygens (including phenoxy) is 1. The highest BCUT2D eigenvalue weighted by Crippen LogP contribution is 2.67. The molecule has 186 valence electrons. The second-order valence-electron chi connectivity index (χ2n) is 9.71. The van der Waals surface area contributed by atoms with Crippen molar-refractivity contribution in [2.75, 3.05) is 19.7 Å². The summed E-state index contributed by atoms with van der Waals surface area (Å²) in [6, 6.07) is 7.30. The number of carbonyl (C=O) groups excluding carboxylic acids is 2. The Morgan fingerprint density at radius 2 is 1.94 bits per heavy atom. The molecule has 0 spiro atoms. The van der Waals surface area contributed by atoms with Crippen LogP contribution in [0, 0.1) is 11.7 Å². The van der Waals surface area contributed by atoms with Gasteiger partial charge in [0.05, 0.1) is 10.9 Å². The summed E-state index contributed by atoms with van der Waals surface area (Å²) in [7, 11) is 0. The van der Waals surface area contributed by atoms with Gasteiger partial charge in [-0.3, -0.25) is 14.6 Å². The van der Waals surface area contributed by atoms with Gasteiger partial charge in [0.15, 0.2) is 6.61 Å². The molecule has 2 amide bonds. The van der Waals surface area contributed by atoms with Crippen LogP contribution >= 0.6 is 11.6 Å². The first-order chi connectivity index (χ1) is 16.5. The van der Waals surface area contributed by atoms with Crippen LogP contribution in [0.15, 0.2) is 36.5 Å². The largest absolute Gasteiger partial charge is 0.484 e. The summed E-state index contributed by atoms with van der Waals surface area (Å²) in [4.78, 5) is 30.3. The van der Waals surface area contributed by atoms with Crippen LogP contribution in [0.5, 0.6) is 5.75 Å². The number of amides is 2. The number of hydrogen-bond donors (Lipinski definition) is 1. The number of carbonyl (C=O) groups is 2. The first-order valence-electron chi connectivity index (χ1n) is 11.2. The van der Waals surface area contributed by atoms with E-state index in [-0.39, 0.29) is 59.4 Å². The van der Waals surface area contributed by atoms with E-state index in [1.807, 2.05) is 0 Å². The number of benzene rings is 1. The van der Waals surface area contributed by atoms with Crippen LogP contribution in [0.1, 0.15) is 41.7 Å². The van der Waals surface area contributed by atoms with Crippen LogP contribution in [-0.4, -0.2) is 53.1 Å². The molecule has 3 aliphatic carbocycles. The topological polar surface area (TPSA) is 71.5 Å². The third-order valence-electron chi connectivity index (χ3n) is 7.23. The van der Waals surface area contributed by atoms with Gasteiger partial charge in [0.2, 0.25) is 0 Å². The van der Waals surface area contributed by atoms with Crippen LogP contribution < -0.4 is 10.1 Å². The van der Waals surface area contributed by atoms with Crippen molar-refractivity contribution in [1.29, 1.82) is 0 Å². The van der Waals surface area contributed by atoms with Gasteiger partial charge >= 0.3 is 6.18 Å². The lowest BCUT2D eigenvalue weighted by molar-refractivity contribution is -0.169. The van der Waals surface area contributed by atoms with Crippen molar-refractivity contribution in [2.24, 2.45) is 5.92 Å². The number of pyridine rings is 1. The van der Waals surface area contributed by atoms with Crippen LogP contribution in [-0.2, 0) is 10.2 Å². The standard InChI is InChI=1S/C24H22ClF4N3O3/c25-17-3-2-16(7-18(17)26)35-10-20(33)31-23-11-22(12-23,13-23)14-1-4-19(30-8-14)21(34)32-6-5-15(9-32)24(27,28)29/h1-4,7-8,15H,5-6,9-13H2,(H,31,33). The van der Waals surface area contributed by atoms with Crippen LogP contribution in [0.4, 0.5) is 17.6 Å². The number of alkyl halides is 3. The maximum Gasteiger partial charge on any atom is 0.393 e. The molecule has 2 bridgehead atoms. The molecule has 4 fully saturated rings. The van der Waals surface area contributed by atoms with Crippen molar-refractivity contribution in [3.05, 3.63) is 58.6 Å². The van der Waals surface area contributed by atoms with Gasteiger partial charge in [0.1, 0.15) is 17.3 Å². The molecule has 1 atom stereocenters. The Morgan fingerprint density at radius 3 is 2.54 bits per heavy atom. The van der Waals surface area contributed by atoms with Gasteiger partial charge in [-0.25, -0.2) is 4.39 Å². The molecule has 6 nitrogen and oxygen atoms in total. The monoisotopic (exact) mass is 511 g/mol. The van der Waals surface area contributed by atoms with Crippen LogP contribution in [0.25, 0.3) is 0 Å². The first-order valence-corrected chi connectivity index (χ1v) is 11.6. The van der Waals surface area contributed by atoms with Crippen LogP contribution in [0.2, 0.25) is 5.02 Å². The van der Waals surface area contributed by atoms with Gasteiger partial charge < -0.3 is 15.0 Å². The second kappa shape index (κ2) is 8.36. The minimum atomic E-state index is -4.30. The number of rotatable bonds is 6. The Morgan fingerprint density at radius 1 is 1.20 bits per heavy atom. The number of hydrogen-bond acceptors (Lipinski definition) is 4. The summed E-state index contributed by atoms with van der Waals surface area (Å²) in [5.41, 5.74) is 0.619. The van der Waals surface area contributed by atoms with Crippen LogP contribution in [0.3, 0.4) is 0 Å². The molecule has 1 N–H and O–H groups in total. The smallest absolute Gasteiger partial charge is 0.393 e. The molecule has 1 saturated heterocycles. The predicted molar refractivity (Wildman–Crippen MR) is 118 cm³/mol. The molecule has 1 aromatic heterocycles. The van der Waals surface area contributed by atoms with Crippen molar-refractivity contribution in [1.82, 2.24) is 15.2 Å². The van der Waals surface area contributed by atoms with E-state index in [1.54, 1.807) is 18.3 Å². The lowest BCUT2D eigenvalue weighted by atomic mass is 9.37. The Hall–Kier alpha value is -2.88. The minimum Gasteiger partial charge on any atom is -0.484 e. The van der Waals surface area contributed by atoms with Crippen molar-refractivity contribution in [2.45, 2.75) is 42.8 Å². The summed E-state index contributed by atoms with van der Waals surface area (Å²) < 4.78 is 57.5. The quantitative estimate of drug-likeness (QED) is 0.588. The fourth-order valence-electron chi connectivity index (χ4n) is 5.48. The highest BCUT2D eigenvalue weighted by Gasteiger charge is 2.69. The zero-order chi connectivity index (χ0) is 25.0. The van der Waals surface area contributed by atoms with E-state index in [2.05, 4.69) is 10.3 Å². The van der Waals surface area contributed by atoms with Crippen molar-refractivity contribution < 1.29 is 31.9 Å². The van der Waals surface area contributed by atoms with Gasteiger partial charge in [-0.1, -0.05) is 17.7 Å². The summed E-state index contributed by atoms with van der Waals surface area (Å²) in [6.07, 6.45) is -0.637. The number of nitrogens with one attached hydrogen (secondary N) is 1. The molecule has 2 heterocycles. The zero-order valence-corrected chi connectivity index (χ0v) is 19.3. The lowest BCUT2D eigenvalue weighted by Gasteiger charge is -2.70. The number of likely N-dealkylation sites (tertiary alicyclic amines) is 1. The van der Waals surface area contributed by atoms with E-state index in [0.717, 1.165) is 30.9 Å². The molecule has 3 saturated carbocycles. The Bertz CT molecular complexity index is 1150. The van der Waals surface area contributed by atoms with E-state index >= 15 is 0 Å². The average molecular weight is 512 g/mol. The summed E-state index contributed by atoms with van der Waals surface area (Å²) >= 11 is 5.63. The molecule has 6 rings (SSSR count). The maximum atomic E-state index is 13.5. The summed E-state index contributed by atoms with van der Waals surface area (Å²) in [6.45, 7) is -0.524. The number of halogens is 5. The molecular formula is C24H22ClF4N3O3. The van der Waals surface area contributed by atoms with E-state index < -0.39 is 23.8 Å². The maximum absolute atomic E-state index is 13.5. The Kier molecular flexibility index (Phi) is 5.69. The predicted octanol–water partition coefficient (Wildman–Crippen LogP) is 4.27. The summed E-state index contributed by atoms with van der Waals surface area (Å²) in [5, 5.41) is 2.95. The third kappa shape index (κ3) is 4.44. The molecular weight excluding hydrogens is 490 g/mol. The number of nitrogens with zero attached hydrogens (tertiary/aromatic N) is 2. The minimum absolute atomic E-state index is 0.0287. The first kappa shape index (κ1) is 23.8. The van der Waals surface area contributed by atoms with Crippen molar-refractivity contribution in [3.8, 4) is 5.75 Å². The normalized spacial score (nSPS) is 27.1. The van der Waals surface area contributed by atoms with Gasteiger partial charge in [-0.2, -0.15) is 13.2 Å². The SMILES string of the molecule is O=C(COc1ccc(Cl)c(F)c1)NC12CC(c3ccc(C(=O)N4CCC(C(F)(F)F)C4)nc3)(C1)C2. The fraction of sp³-hybridized carbons (Fsp3) is 0.458. The van der Waals surface area contributed by atoms with E-state index in [4.69, 9.17) is 16.3 Å².